The normalized spacial score (nSPS) is 15.4. The summed E-state index contributed by atoms with van der Waals surface area (Å²) in [7, 11) is 0. The van der Waals surface area contributed by atoms with Gasteiger partial charge in [-0.15, -0.1) is 0 Å². The minimum atomic E-state index is 0.0793. The molecule has 1 heterocycles. The summed E-state index contributed by atoms with van der Waals surface area (Å²) < 4.78 is 5.74. The number of ether oxygens (including phenoxy) is 1. The lowest BCUT2D eigenvalue weighted by Gasteiger charge is -2.27. The van der Waals surface area contributed by atoms with Crippen molar-refractivity contribution in [3.8, 4) is 5.75 Å². The van der Waals surface area contributed by atoms with Crippen LogP contribution < -0.4 is 10.1 Å². The maximum absolute atomic E-state index is 5.74. The van der Waals surface area contributed by atoms with E-state index in [4.69, 9.17) is 4.74 Å². The Hall–Kier alpha value is -1.18. The fourth-order valence-electron chi connectivity index (χ4n) is 1.89. The van der Waals surface area contributed by atoms with Crippen molar-refractivity contribution in [2.45, 2.75) is 39.2 Å². The molecule has 0 saturated heterocycles. The average molecular weight is 205 g/mol. The highest BCUT2D eigenvalue weighted by Gasteiger charge is 2.17. The Balaban J connectivity index is 2.31. The topological polar surface area (TPSA) is 21.3 Å². The Kier molecular flexibility index (Phi) is 2.59. The summed E-state index contributed by atoms with van der Waals surface area (Å²) in [6.07, 6.45) is 2.26. The highest BCUT2D eigenvalue weighted by molar-refractivity contribution is 5.61. The van der Waals surface area contributed by atoms with Gasteiger partial charge < -0.3 is 10.1 Å². The van der Waals surface area contributed by atoms with Gasteiger partial charge in [0.1, 0.15) is 5.75 Å². The van der Waals surface area contributed by atoms with Crippen LogP contribution in [-0.2, 0) is 6.42 Å². The van der Waals surface area contributed by atoms with Crippen molar-refractivity contribution in [2.75, 3.05) is 11.9 Å². The minimum Gasteiger partial charge on any atom is -0.491 e. The molecule has 0 unspecified atom stereocenters. The van der Waals surface area contributed by atoms with Crippen molar-refractivity contribution in [2.24, 2.45) is 0 Å². The van der Waals surface area contributed by atoms with Crippen LogP contribution in [0.5, 0.6) is 5.75 Å². The number of benzene rings is 1. The predicted molar refractivity (Wildman–Crippen MR) is 63.6 cm³/mol. The van der Waals surface area contributed by atoms with Crippen LogP contribution in [0.3, 0.4) is 0 Å². The highest BCUT2D eigenvalue weighted by Crippen LogP contribution is 2.34. The molecule has 0 atom stereocenters. The molecule has 2 heteroatoms. The lowest BCUT2D eigenvalue weighted by Crippen LogP contribution is -2.27. The van der Waals surface area contributed by atoms with Crippen LogP contribution in [0.1, 0.15) is 32.8 Å². The molecule has 0 saturated carbocycles. The Morgan fingerprint density at radius 2 is 2.07 bits per heavy atom. The molecule has 0 fully saturated rings. The number of fused-ring (bicyclic) bond motifs is 1. The fraction of sp³-hybridized carbons (Fsp3) is 0.538. The highest BCUT2D eigenvalue weighted by atomic mass is 16.5. The van der Waals surface area contributed by atoms with Crippen LogP contribution in [0.2, 0.25) is 0 Å². The second-order valence-corrected chi connectivity index (χ2v) is 5.12. The molecule has 1 aromatic carbocycles. The van der Waals surface area contributed by atoms with Gasteiger partial charge in [0.15, 0.2) is 0 Å². The van der Waals surface area contributed by atoms with Gasteiger partial charge in [-0.25, -0.2) is 0 Å². The SMILES string of the molecule is CC(C)(C)Nc1cccc2c1OCCC2. The van der Waals surface area contributed by atoms with Crippen molar-refractivity contribution < 1.29 is 4.74 Å². The smallest absolute Gasteiger partial charge is 0.145 e. The van der Waals surface area contributed by atoms with E-state index in [9.17, 15) is 0 Å². The number of hydrogen-bond donors (Lipinski definition) is 1. The average Bonchev–Trinajstić information content (AvgIpc) is 2.16. The zero-order chi connectivity index (χ0) is 10.9. The summed E-state index contributed by atoms with van der Waals surface area (Å²) in [6.45, 7) is 7.33. The summed E-state index contributed by atoms with van der Waals surface area (Å²) in [5.41, 5.74) is 2.53. The van der Waals surface area contributed by atoms with Crippen molar-refractivity contribution in [1.82, 2.24) is 0 Å². The molecule has 2 rings (SSSR count). The summed E-state index contributed by atoms with van der Waals surface area (Å²) in [5.74, 6) is 1.05. The van der Waals surface area contributed by atoms with Gasteiger partial charge in [0.2, 0.25) is 0 Å². The maximum Gasteiger partial charge on any atom is 0.145 e. The maximum atomic E-state index is 5.74. The molecule has 0 bridgehead atoms. The predicted octanol–water partition coefficient (Wildman–Crippen LogP) is 3.22. The molecule has 82 valence electrons. The summed E-state index contributed by atoms with van der Waals surface area (Å²) in [5, 5.41) is 3.48. The monoisotopic (exact) mass is 205 g/mol. The van der Waals surface area contributed by atoms with Crippen molar-refractivity contribution in [1.29, 1.82) is 0 Å². The van der Waals surface area contributed by atoms with Crippen molar-refractivity contribution in [3.63, 3.8) is 0 Å². The molecule has 15 heavy (non-hydrogen) atoms. The first kappa shape index (κ1) is 10.3. The summed E-state index contributed by atoms with van der Waals surface area (Å²) in [6, 6.07) is 6.35. The van der Waals surface area contributed by atoms with Crippen LogP contribution in [0.25, 0.3) is 0 Å². The lowest BCUT2D eigenvalue weighted by atomic mass is 10.0. The molecule has 0 aliphatic carbocycles. The van der Waals surface area contributed by atoms with Gasteiger partial charge in [-0.05, 0) is 45.2 Å². The van der Waals surface area contributed by atoms with Gasteiger partial charge in [-0.2, -0.15) is 0 Å². The van der Waals surface area contributed by atoms with E-state index in [1.54, 1.807) is 0 Å². The van der Waals surface area contributed by atoms with E-state index in [0.717, 1.165) is 30.9 Å². The molecule has 1 aliphatic rings. The van der Waals surface area contributed by atoms with E-state index in [1.807, 2.05) is 0 Å². The number of aryl methyl sites for hydroxylation is 1. The van der Waals surface area contributed by atoms with Crippen LogP contribution in [0.15, 0.2) is 18.2 Å². The first-order chi connectivity index (χ1) is 7.06. The molecule has 1 aliphatic heterocycles. The molecule has 1 aromatic rings. The molecular weight excluding hydrogens is 186 g/mol. The third kappa shape index (κ3) is 2.44. The zero-order valence-corrected chi connectivity index (χ0v) is 9.76. The molecule has 2 nitrogen and oxygen atoms in total. The van der Waals surface area contributed by atoms with Gasteiger partial charge >= 0.3 is 0 Å². The summed E-state index contributed by atoms with van der Waals surface area (Å²) in [4.78, 5) is 0. The molecule has 0 amide bonds. The number of nitrogens with one attached hydrogen (secondary N) is 1. The second kappa shape index (κ2) is 3.76. The van der Waals surface area contributed by atoms with Gasteiger partial charge in [0, 0.05) is 5.54 Å². The molecule has 0 aromatic heterocycles. The molecule has 0 radical (unpaired) electrons. The third-order valence-corrected chi connectivity index (χ3v) is 2.44. The largest absolute Gasteiger partial charge is 0.491 e. The van der Waals surface area contributed by atoms with Gasteiger partial charge in [-0.1, -0.05) is 12.1 Å². The van der Waals surface area contributed by atoms with Crippen molar-refractivity contribution >= 4 is 5.69 Å². The first-order valence-electron chi connectivity index (χ1n) is 5.59. The first-order valence-corrected chi connectivity index (χ1v) is 5.59. The number of rotatable bonds is 1. The molecule has 0 spiro atoms. The zero-order valence-electron chi connectivity index (χ0n) is 9.76. The Morgan fingerprint density at radius 3 is 2.80 bits per heavy atom. The van der Waals surface area contributed by atoms with E-state index in [1.165, 1.54) is 5.56 Å². The Morgan fingerprint density at radius 1 is 1.27 bits per heavy atom. The second-order valence-electron chi connectivity index (χ2n) is 5.12. The fourth-order valence-corrected chi connectivity index (χ4v) is 1.89. The number of anilines is 1. The Bertz CT molecular complexity index is 352. The third-order valence-electron chi connectivity index (χ3n) is 2.44. The van der Waals surface area contributed by atoms with Crippen LogP contribution >= 0.6 is 0 Å². The van der Waals surface area contributed by atoms with E-state index in [2.05, 4.69) is 44.3 Å². The molecular formula is C13H19NO. The van der Waals surface area contributed by atoms with E-state index < -0.39 is 0 Å². The van der Waals surface area contributed by atoms with Gasteiger partial charge in [0.25, 0.3) is 0 Å². The number of para-hydroxylation sites is 1. The standard InChI is InChI=1S/C13H19NO/c1-13(2,3)14-11-8-4-6-10-7-5-9-15-12(10)11/h4,6,8,14H,5,7,9H2,1-3H3. The van der Waals surface area contributed by atoms with Crippen molar-refractivity contribution in [3.05, 3.63) is 23.8 Å². The van der Waals surface area contributed by atoms with E-state index in [-0.39, 0.29) is 5.54 Å². The van der Waals surface area contributed by atoms with Crippen LogP contribution in [-0.4, -0.2) is 12.1 Å². The Labute approximate surface area is 91.6 Å². The number of hydrogen-bond acceptors (Lipinski definition) is 2. The van der Waals surface area contributed by atoms with Gasteiger partial charge in [0.05, 0.1) is 12.3 Å². The quantitative estimate of drug-likeness (QED) is 0.760. The van der Waals surface area contributed by atoms with Gasteiger partial charge in [-0.3, -0.25) is 0 Å². The van der Waals surface area contributed by atoms with E-state index in [0.29, 0.717) is 0 Å². The van der Waals surface area contributed by atoms with E-state index >= 15 is 0 Å². The van der Waals surface area contributed by atoms with Crippen LogP contribution in [0, 0.1) is 0 Å². The summed E-state index contributed by atoms with van der Waals surface area (Å²) >= 11 is 0. The molecule has 1 N–H and O–H groups in total. The van der Waals surface area contributed by atoms with Crippen LogP contribution in [0.4, 0.5) is 5.69 Å². The minimum absolute atomic E-state index is 0.0793. The lowest BCUT2D eigenvalue weighted by molar-refractivity contribution is 0.289.